The first kappa shape index (κ1) is 16.7. The molecule has 7 nitrogen and oxygen atoms in total. The van der Waals surface area contributed by atoms with Gasteiger partial charge in [0, 0.05) is 12.3 Å². The second-order valence-corrected chi connectivity index (χ2v) is 4.96. The quantitative estimate of drug-likeness (QED) is 0.848. The van der Waals surface area contributed by atoms with Crippen LogP contribution in [0.2, 0.25) is 0 Å². The van der Waals surface area contributed by atoms with Crippen LogP contribution in [0.25, 0.3) is 0 Å². The number of nitrogens with two attached hydrogens (primary N) is 1. The Morgan fingerprint density at radius 2 is 2.17 bits per heavy atom. The van der Waals surface area contributed by atoms with Crippen LogP contribution in [0.3, 0.4) is 0 Å². The molecule has 3 N–H and O–H groups in total. The number of hydrogen-bond donors (Lipinski definition) is 2. The van der Waals surface area contributed by atoms with Crippen molar-refractivity contribution in [2.45, 2.75) is 26.3 Å². The molecule has 0 radical (unpaired) electrons. The average Bonchev–Trinajstić information content (AvgIpc) is 2.56. The molecule has 1 aromatic carbocycles. The summed E-state index contributed by atoms with van der Waals surface area (Å²) in [6.07, 6.45) is 2.05. The van der Waals surface area contributed by atoms with E-state index in [9.17, 15) is 4.79 Å². The molecule has 0 fully saturated rings. The molecular formula is C16H20N4O3. The molecule has 7 heteroatoms. The number of nitrogens with zero attached hydrogens (tertiary/aromatic N) is 2. The van der Waals surface area contributed by atoms with Gasteiger partial charge in [0.05, 0.1) is 13.2 Å². The van der Waals surface area contributed by atoms with Crippen LogP contribution in [0.4, 0.5) is 5.82 Å². The van der Waals surface area contributed by atoms with E-state index in [0.29, 0.717) is 23.7 Å². The number of nitrogens with one attached hydrogen (secondary N) is 1. The highest BCUT2D eigenvalue weighted by Crippen LogP contribution is 2.26. The smallest absolute Gasteiger partial charge is 0.323 e. The van der Waals surface area contributed by atoms with Crippen LogP contribution in [0.5, 0.6) is 17.5 Å². The van der Waals surface area contributed by atoms with Gasteiger partial charge in [0.15, 0.2) is 0 Å². The van der Waals surface area contributed by atoms with E-state index in [1.165, 1.54) is 6.20 Å². The van der Waals surface area contributed by atoms with E-state index in [1.54, 1.807) is 25.3 Å². The van der Waals surface area contributed by atoms with Crippen molar-refractivity contribution in [3.63, 3.8) is 0 Å². The lowest BCUT2D eigenvalue weighted by Gasteiger charge is -2.11. The predicted molar refractivity (Wildman–Crippen MR) is 86.7 cm³/mol. The lowest BCUT2D eigenvalue weighted by Crippen LogP contribution is -2.35. The Labute approximate surface area is 134 Å². The Kier molecular flexibility index (Phi) is 5.48. The number of aryl methyl sites for hydroxylation is 1. The maximum absolute atomic E-state index is 11.8. The summed E-state index contributed by atoms with van der Waals surface area (Å²) < 4.78 is 10.8. The van der Waals surface area contributed by atoms with E-state index in [4.69, 9.17) is 15.2 Å². The van der Waals surface area contributed by atoms with E-state index in [0.717, 1.165) is 5.56 Å². The van der Waals surface area contributed by atoms with Gasteiger partial charge in [-0.3, -0.25) is 4.79 Å². The molecule has 122 valence electrons. The van der Waals surface area contributed by atoms with Crippen molar-refractivity contribution < 1.29 is 14.3 Å². The summed E-state index contributed by atoms with van der Waals surface area (Å²) in [4.78, 5) is 19.9. The number of hydrogen-bond acceptors (Lipinski definition) is 6. The zero-order chi connectivity index (χ0) is 16.8. The van der Waals surface area contributed by atoms with Crippen LogP contribution in [-0.2, 0) is 4.79 Å². The molecule has 2 aromatic rings. The normalized spacial score (nSPS) is 11.7. The Morgan fingerprint density at radius 1 is 1.39 bits per heavy atom. The van der Waals surface area contributed by atoms with Crippen molar-refractivity contribution in [1.29, 1.82) is 0 Å². The van der Waals surface area contributed by atoms with Gasteiger partial charge in [-0.25, -0.2) is 4.98 Å². The second kappa shape index (κ2) is 7.55. The van der Waals surface area contributed by atoms with Crippen LogP contribution in [0.15, 0.2) is 30.5 Å². The minimum Gasteiger partial charge on any atom is -0.496 e. The number of benzene rings is 1. The number of anilines is 1. The molecule has 0 aliphatic heterocycles. The third-order valence-corrected chi connectivity index (χ3v) is 3.25. The molecule has 1 amide bonds. The number of carbonyl (C=O) groups is 1. The van der Waals surface area contributed by atoms with Crippen LogP contribution < -0.4 is 20.5 Å². The third-order valence-electron chi connectivity index (χ3n) is 3.25. The summed E-state index contributed by atoms with van der Waals surface area (Å²) in [5.41, 5.74) is 6.67. The SMILES string of the molecule is CCC(N)C(=O)Nc1ccnc(Oc2ccc(C)c(OC)c2)n1. The number of rotatable bonds is 6. The van der Waals surface area contributed by atoms with Gasteiger partial charge in [0.25, 0.3) is 0 Å². The first-order valence-electron chi connectivity index (χ1n) is 7.25. The van der Waals surface area contributed by atoms with Crippen molar-refractivity contribution in [2.75, 3.05) is 12.4 Å². The first-order chi connectivity index (χ1) is 11.0. The number of ether oxygens (including phenoxy) is 2. The highest BCUT2D eigenvalue weighted by Gasteiger charge is 2.12. The fourth-order valence-corrected chi connectivity index (χ4v) is 1.83. The Morgan fingerprint density at radius 3 is 2.87 bits per heavy atom. The van der Waals surface area contributed by atoms with Gasteiger partial charge in [0.2, 0.25) is 5.91 Å². The standard InChI is InChI=1S/C16H20N4O3/c1-4-12(17)15(21)19-14-7-8-18-16(20-14)23-11-6-5-10(2)13(9-11)22-3/h5-9,12H,4,17H2,1-3H3,(H,18,19,20,21). The summed E-state index contributed by atoms with van der Waals surface area (Å²) >= 11 is 0. The van der Waals surface area contributed by atoms with Crippen LogP contribution in [-0.4, -0.2) is 29.0 Å². The molecule has 0 saturated carbocycles. The molecule has 0 aliphatic rings. The molecule has 0 bridgehead atoms. The van der Waals surface area contributed by atoms with Gasteiger partial charge in [-0.2, -0.15) is 4.98 Å². The Hall–Kier alpha value is -2.67. The van der Waals surface area contributed by atoms with Crippen LogP contribution in [0, 0.1) is 6.92 Å². The molecule has 1 aromatic heterocycles. The molecular weight excluding hydrogens is 296 g/mol. The van der Waals surface area contributed by atoms with Crippen molar-refractivity contribution in [2.24, 2.45) is 5.73 Å². The van der Waals surface area contributed by atoms with Gasteiger partial charge < -0.3 is 20.5 Å². The molecule has 1 atom stereocenters. The van der Waals surface area contributed by atoms with Gasteiger partial charge in [0.1, 0.15) is 17.3 Å². The molecule has 2 rings (SSSR count). The number of carbonyl (C=O) groups excluding carboxylic acids is 1. The van der Waals surface area contributed by atoms with Crippen LogP contribution in [0.1, 0.15) is 18.9 Å². The number of amides is 1. The minimum atomic E-state index is -0.573. The summed E-state index contributed by atoms with van der Waals surface area (Å²) in [7, 11) is 1.59. The first-order valence-corrected chi connectivity index (χ1v) is 7.25. The molecule has 0 spiro atoms. The second-order valence-electron chi connectivity index (χ2n) is 4.96. The van der Waals surface area contributed by atoms with Gasteiger partial charge in [-0.15, -0.1) is 0 Å². The molecule has 0 saturated heterocycles. The van der Waals surface area contributed by atoms with Gasteiger partial charge in [-0.05, 0) is 31.0 Å². The van der Waals surface area contributed by atoms with Gasteiger partial charge >= 0.3 is 6.01 Å². The molecule has 0 aliphatic carbocycles. The highest BCUT2D eigenvalue weighted by atomic mass is 16.5. The molecule has 23 heavy (non-hydrogen) atoms. The molecule has 1 heterocycles. The zero-order valence-electron chi connectivity index (χ0n) is 13.4. The van der Waals surface area contributed by atoms with Crippen molar-refractivity contribution in [3.8, 4) is 17.5 Å². The van der Waals surface area contributed by atoms with E-state index in [-0.39, 0.29) is 11.9 Å². The fourth-order valence-electron chi connectivity index (χ4n) is 1.83. The average molecular weight is 316 g/mol. The zero-order valence-corrected chi connectivity index (χ0v) is 13.4. The summed E-state index contributed by atoms with van der Waals surface area (Å²) in [6.45, 7) is 3.77. The lowest BCUT2D eigenvalue weighted by atomic mass is 10.2. The maximum Gasteiger partial charge on any atom is 0.323 e. The molecule has 1 unspecified atom stereocenters. The van der Waals surface area contributed by atoms with Gasteiger partial charge in [-0.1, -0.05) is 13.0 Å². The summed E-state index contributed by atoms with van der Waals surface area (Å²) in [5.74, 6) is 1.29. The van der Waals surface area contributed by atoms with E-state index in [1.807, 2.05) is 19.9 Å². The summed E-state index contributed by atoms with van der Waals surface area (Å²) in [5, 5.41) is 2.63. The Balaban J connectivity index is 2.12. The van der Waals surface area contributed by atoms with E-state index >= 15 is 0 Å². The van der Waals surface area contributed by atoms with E-state index in [2.05, 4.69) is 15.3 Å². The lowest BCUT2D eigenvalue weighted by molar-refractivity contribution is -0.117. The van der Waals surface area contributed by atoms with Crippen molar-refractivity contribution in [1.82, 2.24) is 9.97 Å². The highest BCUT2D eigenvalue weighted by molar-refractivity contribution is 5.93. The van der Waals surface area contributed by atoms with E-state index < -0.39 is 6.04 Å². The van der Waals surface area contributed by atoms with Crippen molar-refractivity contribution in [3.05, 3.63) is 36.0 Å². The Bertz CT molecular complexity index is 691. The fraction of sp³-hybridized carbons (Fsp3) is 0.312. The number of methoxy groups -OCH3 is 1. The third kappa shape index (κ3) is 4.40. The minimum absolute atomic E-state index is 0.124. The predicted octanol–water partition coefficient (Wildman–Crippen LogP) is 2.26. The number of aromatic nitrogens is 2. The summed E-state index contributed by atoms with van der Waals surface area (Å²) in [6, 6.07) is 6.54. The van der Waals surface area contributed by atoms with Crippen molar-refractivity contribution >= 4 is 11.7 Å². The monoisotopic (exact) mass is 316 g/mol. The largest absolute Gasteiger partial charge is 0.496 e. The topological polar surface area (TPSA) is 99.4 Å². The van der Waals surface area contributed by atoms with Crippen LogP contribution >= 0.6 is 0 Å². The maximum atomic E-state index is 11.8.